The van der Waals surface area contributed by atoms with Gasteiger partial charge in [0.25, 0.3) is 0 Å². The number of allylic oxidation sites excluding steroid dienone is 2. The Labute approximate surface area is 178 Å². The Balaban J connectivity index is 1.91. The number of carbonyl (C=O) groups is 2. The Hall–Kier alpha value is -2.51. The third-order valence-corrected chi connectivity index (χ3v) is 7.88. The van der Waals surface area contributed by atoms with Gasteiger partial charge in [-0.1, -0.05) is 47.7 Å². The Morgan fingerprint density at radius 3 is 2.10 bits per heavy atom. The fourth-order valence-corrected chi connectivity index (χ4v) is 6.38. The largest absolute Gasteiger partial charge is 0.301 e. The van der Waals surface area contributed by atoms with Gasteiger partial charge in [-0.2, -0.15) is 5.10 Å². The van der Waals surface area contributed by atoms with Crippen molar-refractivity contribution in [3.8, 4) is 0 Å². The lowest BCUT2D eigenvalue weighted by atomic mass is 10.2. The van der Waals surface area contributed by atoms with Crippen LogP contribution >= 0.6 is 23.5 Å². The van der Waals surface area contributed by atoms with E-state index in [0.29, 0.717) is 9.95 Å². The topological polar surface area (TPSA) is 53.0 Å². The number of hydrogen-bond acceptors (Lipinski definition) is 7. The summed E-state index contributed by atoms with van der Waals surface area (Å²) in [7, 11) is 0. The van der Waals surface area contributed by atoms with E-state index in [-0.39, 0.29) is 11.6 Å². The quantitative estimate of drug-likeness (QED) is 0.679. The lowest BCUT2D eigenvalue weighted by molar-refractivity contribution is -0.113. The van der Waals surface area contributed by atoms with Gasteiger partial charge < -0.3 is 4.90 Å². The number of hydrogen-bond donors (Lipinski definition) is 0. The van der Waals surface area contributed by atoms with Gasteiger partial charge in [0.05, 0.1) is 10.6 Å². The van der Waals surface area contributed by atoms with Crippen LogP contribution in [0.25, 0.3) is 0 Å². The number of carbonyl (C=O) groups excluding carboxylic acids is 2. The monoisotopic (exact) mass is 423 g/mol. The van der Waals surface area contributed by atoms with Crippen molar-refractivity contribution in [1.82, 2.24) is 0 Å². The number of aryl methyl sites for hydroxylation is 1. The highest BCUT2D eigenvalue weighted by Gasteiger charge is 2.57. The number of rotatable bonds is 4. The molecule has 2 aromatic rings. The molecule has 4 rings (SSSR count). The molecule has 0 fully saturated rings. The minimum Gasteiger partial charge on any atom is -0.301 e. The van der Waals surface area contributed by atoms with E-state index in [2.05, 4.69) is 10.0 Å². The fourth-order valence-electron chi connectivity index (χ4n) is 3.42. The Bertz CT molecular complexity index is 1050. The van der Waals surface area contributed by atoms with Gasteiger partial charge in [0, 0.05) is 18.3 Å². The molecule has 7 heteroatoms. The van der Waals surface area contributed by atoms with Crippen LogP contribution in [0, 0.1) is 6.92 Å². The lowest BCUT2D eigenvalue weighted by Crippen LogP contribution is -2.49. The Kier molecular flexibility index (Phi) is 5.04. The average Bonchev–Trinajstić information content (AvgIpc) is 3.22. The minimum absolute atomic E-state index is 0.00559. The molecule has 0 radical (unpaired) electrons. The third-order valence-electron chi connectivity index (χ3n) is 4.78. The average molecular weight is 424 g/mol. The molecule has 0 aromatic heterocycles. The van der Waals surface area contributed by atoms with Crippen LogP contribution in [-0.2, 0) is 9.59 Å². The summed E-state index contributed by atoms with van der Waals surface area (Å²) in [5.74, 6) is -0.0856. The molecule has 29 heavy (non-hydrogen) atoms. The van der Waals surface area contributed by atoms with Crippen molar-refractivity contribution in [2.24, 2.45) is 5.10 Å². The van der Waals surface area contributed by atoms with Crippen molar-refractivity contribution in [3.63, 3.8) is 0 Å². The van der Waals surface area contributed by atoms with Gasteiger partial charge in [0.2, 0.25) is 4.33 Å². The zero-order chi connectivity index (χ0) is 20.8. The fraction of sp³-hybridized carbons (Fsp3) is 0.227. The zero-order valence-electron chi connectivity index (χ0n) is 16.7. The highest BCUT2D eigenvalue weighted by Crippen LogP contribution is 2.60. The van der Waals surface area contributed by atoms with Crippen LogP contribution in [0.3, 0.4) is 0 Å². The molecule has 1 spiro atoms. The molecule has 0 saturated heterocycles. The van der Waals surface area contributed by atoms with Crippen molar-refractivity contribution in [3.05, 3.63) is 70.8 Å². The molecule has 2 aliphatic rings. The summed E-state index contributed by atoms with van der Waals surface area (Å²) in [4.78, 5) is 27.5. The second-order valence-corrected chi connectivity index (χ2v) is 9.60. The molecule has 0 N–H and O–H groups in total. The maximum Gasteiger partial charge on any atom is 0.245 e. The summed E-state index contributed by atoms with van der Waals surface area (Å²) in [5.41, 5.74) is 3.81. The van der Waals surface area contributed by atoms with E-state index in [4.69, 9.17) is 0 Å². The third kappa shape index (κ3) is 3.28. The summed E-state index contributed by atoms with van der Waals surface area (Å²) < 4.78 is -0.817. The summed E-state index contributed by atoms with van der Waals surface area (Å²) in [6.45, 7) is 7.08. The normalized spacial score (nSPS) is 21.2. The van der Waals surface area contributed by atoms with Crippen molar-refractivity contribution in [2.75, 3.05) is 9.91 Å². The zero-order valence-corrected chi connectivity index (χ0v) is 18.3. The van der Waals surface area contributed by atoms with Crippen LogP contribution in [-0.4, -0.2) is 20.9 Å². The molecule has 1 atom stereocenters. The van der Waals surface area contributed by atoms with E-state index in [9.17, 15) is 9.59 Å². The number of thioether (sulfide) groups is 2. The molecule has 0 bridgehead atoms. The number of hydrazone groups is 1. The molecule has 2 aromatic carbocycles. The van der Waals surface area contributed by atoms with Crippen LogP contribution in [0.5, 0.6) is 0 Å². The van der Waals surface area contributed by atoms with Crippen molar-refractivity contribution in [2.45, 2.75) is 32.0 Å². The lowest BCUT2D eigenvalue weighted by Gasteiger charge is -2.41. The molecule has 2 aliphatic heterocycles. The minimum atomic E-state index is -0.817. The molecule has 2 heterocycles. The molecule has 0 aliphatic carbocycles. The van der Waals surface area contributed by atoms with E-state index in [1.165, 1.54) is 30.4 Å². The summed E-state index contributed by atoms with van der Waals surface area (Å²) in [5, 5.41) is 6.98. The van der Waals surface area contributed by atoms with Gasteiger partial charge in [0.15, 0.2) is 16.6 Å². The van der Waals surface area contributed by atoms with Crippen LogP contribution < -0.4 is 9.91 Å². The summed E-state index contributed by atoms with van der Waals surface area (Å²) in [6, 6.07) is 17.9. The second kappa shape index (κ2) is 7.39. The maximum absolute atomic E-state index is 12.4. The molecule has 0 amide bonds. The molecule has 0 saturated carbocycles. The van der Waals surface area contributed by atoms with Gasteiger partial charge >= 0.3 is 0 Å². The number of ketones is 2. The van der Waals surface area contributed by atoms with E-state index in [1.54, 1.807) is 6.92 Å². The Morgan fingerprint density at radius 1 is 0.862 bits per heavy atom. The van der Waals surface area contributed by atoms with Gasteiger partial charge in [-0.3, -0.25) is 9.59 Å². The van der Waals surface area contributed by atoms with Crippen molar-refractivity contribution < 1.29 is 9.59 Å². The Morgan fingerprint density at radius 2 is 1.52 bits per heavy atom. The van der Waals surface area contributed by atoms with Gasteiger partial charge in [0.1, 0.15) is 0 Å². The highest BCUT2D eigenvalue weighted by molar-refractivity contribution is 8.29. The van der Waals surface area contributed by atoms with Crippen LogP contribution in [0.15, 0.2) is 70.3 Å². The number of Topliss-reactive ketones (excluding diaryl/α,β-unsaturated/α-hetero) is 2. The SMILES string of the molecule is CC(=O)C1=NN(c2ccc(C)cc2)[C@@]2(S1)SC(C(C)=O)=C(C)N2c1ccccc1. The first-order valence-electron chi connectivity index (χ1n) is 9.25. The molecular weight excluding hydrogens is 402 g/mol. The second-order valence-electron chi connectivity index (χ2n) is 7.00. The number of nitrogens with zero attached hydrogens (tertiary/aromatic N) is 3. The number of anilines is 2. The standard InChI is InChI=1S/C22H21N3O2S2/c1-14-10-12-19(13-11-14)25-22(29-21(23-25)17(4)27)24(18-8-6-5-7-9-18)15(2)20(28-22)16(3)26/h5-13H,1-4H3/t22-/m1/s1. The molecular formula is C22H21N3O2S2. The highest BCUT2D eigenvalue weighted by atomic mass is 32.2. The maximum atomic E-state index is 12.4. The first-order valence-corrected chi connectivity index (χ1v) is 10.9. The van der Waals surface area contributed by atoms with Crippen molar-refractivity contribution in [1.29, 1.82) is 0 Å². The molecule has 5 nitrogen and oxygen atoms in total. The summed E-state index contributed by atoms with van der Waals surface area (Å²) >= 11 is 2.83. The molecule has 148 valence electrons. The van der Waals surface area contributed by atoms with Gasteiger partial charge in [-0.15, -0.1) is 0 Å². The summed E-state index contributed by atoms with van der Waals surface area (Å²) in [6.07, 6.45) is 0. The van der Waals surface area contributed by atoms with E-state index in [1.807, 2.05) is 73.5 Å². The van der Waals surface area contributed by atoms with Gasteiger partial charge in [-0.05, 0) is 56.8 Å². The smallest absolute Gasteiger partial charge is 0.245 e. The van der Waals surface area contributed by atoms with E-state index < -0.39 is 4.33 Å². The van der Waals surface area contributed by atoms with E-state index in [0.717, 1.165) is 22.6 Å². The van der Waals surface area contributed by atoms with Crippen molar-refractivity contribution >= 4 is 51.5 Å². The first-order chi connectivity index (χ1) is 13.8. The number of para-hydroxylation sites is 1. The number of benzene rings is 2. The van der Waals surface area contributed by atoms with E-state index >= 15 is 0 Å². The predicted octanol–water partition coefficient (Wildman–Crippen LogP) is 5.14. The van der Waals surface area contributed by atoms with Crippen LogP contribution in [0.1, 0.15) is 26.3 Å². The molecule has 0 unspecified atom stereocenters. The van der Waals surface area contributed by atoms with Crippen LogP contribution in [0.2, 0.25) is 0 Å². The van der Waals surface area contributed by atoms with Crippen LogP contribution in [0.4, 0.5) is 11.4 Å². The first kappa shape index (κ1) is 19.8. The predicted molar refractivity (Wildman–Crippen MR) is 122 cm³/mol. The van der Waals surface area contributed by atoms with Gasteiger partial charge in [-0.25, -0.2) is 5.01 Å².